The van der Waals surface area contributed by atoms with Gasteiger partial charge in [0, 0.05) is 48.8 Å². The van der Waals surface area contributed by atoms with Crippen LogP contribution >= 0.6 is 0 Å². The van der Waals surface area contributed by atoms with Crippen molar-refractivity contribution in [2.45, 2.75) is 18.7 Å². The number of carbonyl (C=O) groups is 3. The molecule has 3 atom stereocenters. The molecule has 3 unspecified atom stereocenters. The minimum atomic E-state index is -1.81. The first-order valence-electron chi connectivity index (χ1n) is 8.78. The smallest absolute Gasteiger partial charge is 0.253 e. The average molecular weight is 447 g/mol. The molecule has 32 heavy (non-hydrogen) atoms. The number of nitroso groups, excluding NO2 is 3. The number of rotatable bonds is 12. The molecule has 2 rings (SSSR count). The molecule has 0 aliphatic rings. The fraction of sp³-hybridized carbons (Fsp3) is 0.316. The Balaban J connectivity index is 3.00. The lowest BCUT2D eigenvalue weighted by atomic mass is 9.89. The highest BCUT2D eigenvalue weighted by atomic mass is 16.5. The number of carbonyl (C=O) groups excluding carboxylic acids is 3. The first kappa shape index (κ1) is 24.5. The molecule has 0 amide bonds. The van der Waals surface area contributed by atoms with Crippen LogP contribution in [0.2, 0.25) is 0 Å². The topological polar surface area (TPSA) is 187 Å². The molecule has 0 fully saturated rings. The Morgan fingerprint density at radius 2 is 0.969 bits per heavy atom. The predicted molar refractivity (Wildman–Crippen MR) is 108 cm³/mol. The molecular weight excluding hydrogens is 430 g/mol. The number of aromatic hydroxyl groups is 1. The number of phenols is 1. The van der Waals surface area contributed by atoms with Gasteiger partial charge in [-0.05, 0) is 39.8 Å². The summed E-state index contributed by atoms with van der Waals surface area (Å²) in [7, 11) is 3.14. The summed E-state index contributed by atoms with van der Waals surface area (Å²) in [6.45, 7) is 0. The lowest BCUT2D eigenvalue weighted by Crippen LogP contribution is -2.25. The molecule has 0 aliphatic heterocycles. The second-order valence-corrected chi connectivity index (χ2v) is 6.22. The molecule has 0 spiro atoms. The van der Waals surface area contributed by atoms with Gasteiger partial charge < -0.3 is 19.3 Å². The molecule has 0 aliphatic carbocycles. The summed E-state index contributed by atoms with van der Waals surface area (Å²) in [6, 6.07) is 4.25. The number of ether oxygens (including phenoxy) is 3. The molecule has 0 bridgehead atoms. The number of phenolic OH excluding ortho intramolecular Hbond substituents is 1. The van der Waals surface area contributed by atoms with Gasteiger partial charge in [0.15, 0.2) is 0 Å². The van der Waals surface area contributed by atoms with Crippen LogP contribution in [-0.4, -0.2) is 62.5 Å². The van der Waals surface area contributed by atoms with Crippen molar-refractivity contribution in [2.24, 2.45) is 15.5 Å². The van der Waals surface area contributed by atoms with Gasteiger partial charge in [0.05, 0.1) is 0 Å². The maximum atomic E-state index is 12.8. The first-order chi connectivity index (χ1) is 15.3. The predicted octanol–water partition coefficient (Wildman–Crippen LogP) is 2.31. The van der Waals surface area contributed by atoms with Gasteiger partial charge in [-0.1, -0.05) is 0 Å². The summed E-state index contributed by atoms with van der Waals surface area (Å²) in [5.74, 6) is -3.55. The Labute approximate surface area is 179 Å². The van der Waals surface area contributed by atoms with Crippen molar-refractivity contribution in [2.75, 3.05) is 21.3 Å². The molecule has 13 heteroatoms. The maximum Gasteiger partial charge on any atom is 0.253 e. The largest absolute Gasteiger partial charge is 0.507 e. The van der Waals surface area contributed by atoms with Crippen LogP contribution in [0.5, 0.6) is 5.75 Å². The third kappa shape index (κ3) is 4.30. The van der Waals surface area contributed by atoms with E-state index in [1.54, 1.807) is 0 Å². The minimum absolute atomic E-state index is 0.317. The normalized spacial score (nSPS) is 13.7. The van der Waals surface area contributed by atoms with Crippen molar-refractivity contribution in [1.29, 1.82) is 0 Å². The summed E-state index contributed by atoms with van der Waals surface area (Å²) in [6.07, 6.45) is -5.41. The van der Waals surface area contributed by atoms with Gasteiger partial charge in [0.1, 0.15) is 5.75 Å². The van der Waals surface area contributed by atoms with E-state index >= 15 is 0 Å². The summed E-state index contributed by atoms with van der Waals surface area (Å²) >= 11 is 0. The van der Waals surface area contributed by atoms with E-state index in [4.69, 9.17) is 14.2 Å². The van der Waals surface area contributed by atoms with Gasteiger partial charge in [0.2, 0.25) is 17.3 Å². The second kappa shape index (κ2) is 10.5. The Bertz CT molecular complexity index is 1070. The van der Waals surface area contributed by atoms with Gasteiger partial charge in [-0.15, -0.1) is 14.7 Å². The molecule has 0 heterocycles. The number of ketones is 3. The molecule has 0 saturated carbocycles. The van der Waals surface area contributed by atoms with Crippen molar-refractivity contribution in [3.63, 3.8) is 0 Å². The van der Waals surface area contributed by atoms with E-state index in [0.717, 1.165) is 45.6 Å². The van der Waals surface area contributed by atoms with Crippen LogP contribution in [0.1, 0.15) is 31.1 Å². The summed E-state index contributed by atoms with van der Waals surface area (Å²) in [5, 5.41) is 17.5. The Hall–Kier alpha value is -3.81. The Morgan fingerprint density at radius 3 is 1.28 bits per heavy atom. The van der Waals surface area contributed by atoms with Crippen LogP contribution in [0, 0.1) is 14.7 Å². The third-order valence-electron chi connectivity index (χ3n) is 4.56. The van der Waals surface area contributed by atoms with E-state index in [0.29, 0.717) is 0 Å². The quantitative estimate of drug-likeness (QED) is 0.373. The molecule has 13 nitrogen and oxygen atoms in total. The van der Waals surface area contributed by atoms with Gasteiger partial charge >= 0.3 is 0 Å². The van der Waals surface area contributed by atoms with E-state index in [9.17, 15) is 34.2 Å². The molecule has 2 aromatic carbocycles. The van der Waals surface area contributed by atoms with Crippen molar-refractivity contribution < 1.29 is 33.7 Å². The maximum absolute atomic E-state index is 12.8. The second-order valence-electron chi connectivity index (χ2n) is 6.22. The number of hydrogen-bond donors (Lipinski definition) is 1. The van der Waals surface area contributed by atoms with Gasteiger partial charge in [-0.3, -0.25) is 14.4 Å². The van der Waals surface area contributed by atoms with Crippen molar-refractivity contribution in [3.05, 3.63) is 55.7 Å². The first-order valence-corrected chi connectivity index (χ1v) is 8.78. The molecule has 168 valence electrons. The number of hydrogen-bond acceptors (Lipinski definition) is 13. The van der Waals surface area contributed by atoms with Crippen LogP contribution in [-0.2, 0) is 14.2 Å². The van der Waals surface area contributed by atoms with E-state index < -0.39 is 41.8 Å². The number of benzene rings is 2. The Morgan fingerprint density at radius 1 is 0.656 bits per heavy atom. The number of methoxy groups -OCH3 is 3. The van der Waals surface area contributed by atoms with E-state index in [1.165, 1.54) is 0 Å². The van der Waals surface area contributed by atoms with Crippen molar-refractivity contribution in [3.8, 4) is 5.75 Å². The van der Waals surface area contributed by atoms with Gasteiger partial charge in [-0.2, -0.15) is 0 Å². The fourth-order valence-electron chi connectivity index (χ4n) is 3.09. The fourth-order valence-corrected chi connectivity index (χ4v) is 3.09. The zero-order chi connectivity index (χ0) is 24.0. The van der Waals surface area contributed by atoms with E-state index in [-0.39, 0.29) is 27.5 Å². The molecular formula is C19H17N3O10. The van der Waals surface area contributed by atoms with Crippen molar-refractivity contribution >= 4 is 28.1 Å². The molecule has 0 radical (unpaired) electrons. The highest BCUT2D eigenvalue weighted by Gasteiger charge is 2.32. The van der Waals surface area contributed by atoms with Crippen LogP contribution in [0.15, 0.2) is 39.8 Å². The number of fused-ring (bicyclic) bond motifs is 1. The molecule has 0 aromatic heterocycles. The van der Waals surface area contributed by atoms with Gasteiger partial charge in [0.25, 0.3) is 18.7 Å². The molecule has 1 N–H and O–H groups in total. The van der Waals surface area contributed by atoms with E-state index in [2.05, 4.69) is 15.5 Å². The number of nitrogens with zero attached hydrogens (tertiary/aromatic N) is 3. The lowest BCUT2D eigenvalue weighted by molar-refractivity contribution is 0.0618. The van der Waals surface area contributed by atoms with Crippen molar-refractivity contribution in [1.82, 2.24) is 0 Å². The van der Waals surface area contributed by atoms with E-state index in [1.807, 2.05) is 0 Å². The standard InChI is InChI=1S/C19H17N3O10/c1-30-17(20-27)14(24)8-4-5-10(16(26)19(22-29)32-3)13-11(23)7-6-9(12(8)13)15(25)18(21-28)31-2/h4-7,17-19,23H,1-3H3. The summed E-state index contributed by atoms with van der Waals surface area (Å²) in [4.78, 5) is 71.4. The third-order valence-corrected chi connectivity index (χ3v) is 4.56. The molecule has 0 saturated heterocycles. The van der Waals surface area contributed by atoms with Crippen LogP contribution in [0.25, 0.3) is 10.8 Å². The van der Waals surface area contributed by atoms with Crippen LogP contribution in [0.4, 0.5) is 0 Å². The Kier molecular flexibility index (Phi) is 8.01. The average Bonchev–Trinajstić information content (AvgIpc) is 2.80. The highest BCUT2D eigenvalue weighted by Crippen LogP contribution is 2.36. The SMILES string of the molecule is COC(N=O)C(=O)c1ccc(C(=O)C(N=O)OC)c2c(C(=O)C(N=O)OC)ccc(O)c12. The zero-order valence-corrected chi connectivity index (χ0v) is 17.0. The van der Waals surface area contributed by atoms with Crippen LogP contribution < -0.4 is 0 Å². The number of Topliss-reactive ketones (excluding diaryl/α,β-unsaturated/α-hetero) is 3. The summed E-state index contributed by atoms with van der Waals surface area (Å²) in [5.41, 5.74) is -0.997. The summed E-state index contributed by atoms with van der Waals surface area (Å²) < 4.78 is 14.2. The molecule has 2 aromatic rings. The highest BCUT2D eigenvalue weighted by molar-refractivity contribution is 6.23. The minimum Gasteiger partial charge on any atom is -0.507 e. The zero-order valence-electron chi connectivity index (χ0n) is 17.0. The monoisotopic (exact) mass is 447 g/mol. The van der Waals surface area contributed by atoms with Crippen LogP contribution in [0.3, 0.4) is 0 Å². The van der Waals surface area contributed by atoms with Gasteiger partial charge in [-0.25, -0.2) is 0 Å². The lowest BCUT2D eigenvalue weighted by Gasteiger charge is -2.17.